The summed E-state index contributed by atoms with van der Waals surface area (Å²) in [5.74, 6) is 0.349. The highest BCUT2D eigenvalue weighted by Gasteiger charge is 2.08. The minimum Gasteiger partial charge on any atom is -0.382 e. The number of hydrogen-bond acceptors (Lipinski definition) is 5. The molecule has 1 amide bonds. The molecule has 0 fully saturated rings. The van der Waals surface area contributed by atoms with Gasteiger partial charge in [-0.2, -0.15) is 0 Å². The molecule has 0 saturated heterocycles. The van der Waals surface area contributed by atoms with Crippen molar-refractivity contribution in [3.05, 3.63) is 48.5 Å². The number of nitrogens with zero attached hydrogens (tertiary/aromatic N) is 4. The van der Waals surface area contributed by atoms with Crippen molar-refractivity contribution in [2.24, 2.45) is 0 Å². The third-order valence-electron chi connectivity index (χ3n) is 3.31. The predicted octanol–water partition coefficient (Wildman–Crippen LogP) is 0.767. The molecular weight excluding hydrogens is 280 g/mol. The summed E-state index contributed by atoms with van der Waals surface area (Å²) in [7, 11) is 0. The Morgan fingerprint density at radius 3 is 2.82 bits per heavy atom. The minimum atomic E-state index is -0.00948. The fraction of sp³-hybridized carbons (Fsp3) is 0.200. The number of hydrogen-bond donors (Lipinski definition) is 2. The summed E-state index contributed by atoms with van der Waals surface area (Å²) in [6, 6.07) is 9.64. The molecule has 7 nitrogen and oxygen atoms in total. The second-order valence-electron chi connectivity index (χ2n) is 4.88. The van der Waals surface area contributed by atoms with Gasteiger partial charge in [-0.1, -0.05) is 30.3 Å². The molecule has 0 aliphatic carbocycles. The number of fused-ring (bicyclic) bond motifs is 1. The Morgan fingerprint density at radius 1 is 1.18 bits per heavy atom. The lowest BCUT2D eigenvalue weighted by atomic mass is 10.1. The van der Waals surface area contributed by atoms with Gasteiger partial charge in [-0.15, -0.1) is 0 Å². The predicted molar refractivity (Wildman–Crippen MR) is 82.9 cm³/mol. The topological polar surface area (TPSA) is 98.7 Å². The van der Waals surface area contributed by atoms with Gasteiger partial charge in [0.1, 0.15) is 11.8 Å². The van der Waals surface area contributed by atoms with E-state index in [0.717, 1.165) is 5.56 Å². The molecule has 0 radical (unpaired) electrons. The van der Waals surface area contributed by atoms with Gasteiger partial charge in [-0.25, -0.2) is 15.0 Å². The third-order valence-corrected chi connectivity index (χ3v) is 3.31. The van der Waals surface area contributed by atoms with Crippen molar-refractivity contribution in [3.63, 3.8) is 0 Å². The second-order valence-corrected chi connectivity index (χ2v) is 4.88. The number of aromatic nitrogens is 4. The SMILES string of the molecule is Nc1ncnc2c1ncn2CCNC(=O)Cc1ccccc1. The fourth-order valence-corrected chi connectivity index (χ4v) is 2.22. The molecule has 0 atom stereocenters. The van der Waals surface area contributed by atoms with Gasteiger partial charge in [-0.3, -0.25) is 4.79 Å². The standard InChI is InChI=1S/C15H16N6O/c16-14-13-15(19-9-18-14)21(10-20-13)7-6-17-12(22)8-11-4-2-1-3-5-11/h1-5,9-10H,6-8H2,(H,17,22)(H2,16,18,19). The van der Waals surface area contributed by atoms with E-state index in [4.69, 9.17) is 5.73 Å². The van der Waals surface area contributed by atoms with Crippen LogP contribution in [-0.4, -0.2) is 32.0 Å². The van der Waals surface area contributed by atoms with Gasteiger partial charge in [0.2, 0.25) is 5.91 Å². The van der Waals surface area contributed by atoms with Crippen molar-refractivity contribution >= 4 is 22.9 Å². The first-order chi connectivity index (χ1) is 10.7. The summed E-state index contributed by atoms with van der Waals surface area (Å²) in [5.41, 5.74) is 7.98. The van der Waals surface area contributed by atoms with Gasteiger partial charge in [0.05, 0.1) is 12.7 Å². The lowest BCUT2D eigenvalue weighted by Crippen LogP contribution is -2.28. The summed E-state index contributed by atoms with van der Waals surface area (Å²) in [6.45, 7) is 1.08. The average Bonchev–Trinajstić information content (AvgIpc) is 2.93. The Labute approximate surface area is 127 Å². The molecular formula is C15H16N6O. The van der Waals surface area contributed by atoms with Gasteiger partial charge < -0.3 is 15.6 Å². The fourth-order valence-electron chi connectivity index (χ4n) is 2.22. The zero-order valence-corrected chi connectivity index (χ0v) is 11.9. The first-order valence-corrected chi connectivity index (χ1v) is 6.96. The molecule has 0 aliphatic heterocycles. The first kappa shape index (κ1) is 14.0. The molecule has 0 bridgehead atoms. The average molecular weight is 296 g/mol. The Kier molecular flexibility index (Phi) is 3.95. The number of imidazole rings is 1. The maximum absolute atomic E-state index is 11.9. The number of amides is 1. The Bertz CT molecular complexity index is 783. The van der Waals surface area contributed by atoms with Crippen molar-refractivity contribution in [2.45, 2.75) is 13.0 Å². The molecule has 2 heterocycles. The van der Waals surface area contributed by atoms with Crippen LogP contribution in [0.4, 0.5) is 5.82 Å². The minimum absolute atomic E-state index is 0.00948. The number of carbonyl (C=O) groups is 1. The molecule has 3 rings (SSSR count). The second kappa shape index (κ2) is 6.21. The molecule has 2 aromatic heterocycles. The van der Waals surface area contributed by atoms with Gasteiger partial charge in [0.15, 0.2) is 11.5 Å². The maximum Gasteiger partial charge on any atom is 0.224 e. The van der Waals surface area contributed by atoms with Crippen LogP contribution < -0.4 is 11.1 Å². The van der Waals surface area contributed by atoms with E-state index in [2.05, 4.69) is 20.3 Å². The van der Waals surface area contributed by atoms with E-state index in [9.17, 15) is 4.79 Å². The molecule has 0 aliphatic rings. The van der Waals surface area contributed by atoms with E-state index in [0.29, 0.717) is 36.5 Å². The van der Waals surface area contributed by atoms with Crippen molar-refractivity contribution in [1.82, 2.24) is 24.8 Å². The Hall–Kier alpha value is -2.96. The molecule has 0 spiro atoms. The van der Waals surface area contributed by atoms with Gasteiger partial charge in [-0.05, 0) is 5.56 Å². The summed E-state index contributed by atoms with van der Waals surface area (Å²) in [6.07, 6.45) is 3.43. The van der Waals surface area contributed by atoms with Crippen LogP contribution in [0.3, 0.4) is 0 Å². The van der Waals surface area contributed by atoms with Crippen LogP contribution >= 0.6 is 0 Å². The van der Waals surface area contributed by atoms with Crippen LogP contribution in [-0.2, 0) is 17.8 Å². The van der Waals surface area contributed by atoms with Gasteiger partial charge in [0.25, 0.3) is 0 Å². The quantitative estimate of drug-likeness (QED) is 0.724. The summed E-state index contributed by atoms with van der Waals surface area (Å²) >= 11 is 0. The molecule has 0 unspecified atom stereocenters. The van der Waals surface area contributed by atoms with Crippen molar-refractivity contribution in [3.8, 4) is 0 Å². The summed E-state index contributed by atoms with van der Waals surface area (Å²) in [4.78, 5) is 24.1. The third kappa shape index (κ3) is 3.03. The summed E-state index contributed by atoms with van der Waals surface area (Å²) < 4.78 is 1.84. The van der Waals surface area contributed by atoms with Crippen LogP contribution in [0.2, 0.25) is 0 Å². The van der Waals surface area contributed by atoms with Gasteiger partial charge >= 0.3 is 0 Å². The molecule has 22 heavy (non-hydrogen) atoms. The Balaban J connectivity index is 1.56. The van der Waals surface area contributed by atoms with Crippen LogP contribution in [0.15, 0.2) is 43.0 Å². The Morgan fingerprint density at radius 2 is 2.00 bits per heavy atom. The largest absolute Gasteiger partial charge is 0.382 e. The van der Waals surface area contributed by atoms with Crippen LogP contribution in [0.5, 0.6) is 0 Å². The molecule has 0 saturated carbocycles. The van der Waals surface area contributed by atoms with E-state index < -0.39 is 0 Å². The van der Waals surface area contributed by atoms with Crippen LogP contribution in [0.25, 0.3) is 11.2 Å². The van der Waals surface area contributed by atoms with Crippen molar-refractivity contribution in [1.29, 1.82) is 0 Å². The number of nitrogens with one attached hydrogen (secondary N) is 1. The highest BCUT2D eigenvalue weighted by molar-refractivity contribution is 5.81. The molecule has 3 aromatic rings. The van der Waals surface area contributed by atoms with E-state index in [1.807, 2.05) is 34.9 Å². The van der Waals surface area contributed by atoms with E-state index in [-0.39, 0.29) is 5.91 Å². The number of nitrogens with two attached hydrogens (primary N) is 1. The highest BCUT2D eigenvalue weighted by Crippen LogP contribution is 2.13. The zero-order chi connectivity index (χ0) is 15.4. The molecule has 112 valence electrons. The highest BCUT2D eigenvalue weighted by atomic mass is 16.1. The van der Waals surface area contributed by atoms with E-state index in [1.165, 1.54) is 6.33 Å². The molecule has 1 aromatic carbocycles. The lowest BCUT2D eigenvalue weighted by molar-refractivity contribution is -0.120. The van der Waals surface area contributed by atoms with Crippen LogP contribution in [0, 0.1) is 0 Å². The lowest BCUT2D eigenvalue weighted by Gasteiger charge is -2.06. The zero-order valence-electron chi connectivity index (χ0n) is 11.9. The summed E-state index contributed by atoms with van der Waals surface area (Å²) in [5, 5.41) is 2.89. The van der Waals surface area contributed by atoms with Crippen molar-refractivity contribution < 1.29 is 4.79 Å². The number of anilines is 1. The number of rotatable bonds is 5. The van der Waals surface area contributed by atoms with Gasteiger partial charge in [0, 0.05) is 13.1 Å². The first-order valence-electron chi connectivity index (χ1n) is 6.96. The number of benzene rings is 1. The molecule has 7 heteroatoms. The normalized spacial score (nSPS) is 10.7. The van der Waals surface area contributed by atoms with Crippen molar-refractivity contribution in [2.75, 3.05) is 12.3 Å². The van der Waals surface area contributed by atoms with E-state index in [1.54, 1.807) is 6.33 Å². The smallest absolute Gasteiger partial charge is 0.224 e. The number of nitrogen functional groups attached to an aromatic ring is 1. The van der Waals surface area contributed by atoms with E-state index >= 15 is 0 Å². The van der Waals surface area contributed by atoms with Crippen LogP contribution in [0.1, 0.15) is 5.56 Å². The maximum atomic E-state index is 11.9. The monoisotopic (exact) mass is 296 g/mol. The molecule has 3 N–H and O–H groups in total. The number of carbonyl (C=O) groups excluding carboxylic acids is 1.